The highest BCUT2D eigenvalue weighted by Crippen LogP contribution is 2.57. The maximum absolute atomic E-state index is 10.8. The highest BCUT2D eigenvalue weighted by molar-refractivity contribution is 5.46. The van der Waals surface area contributed by atoms with Gasteiger partial charge in [-0.2, -0.15) is 0 Å². The Morgan fingerprint density at radius 2 is 2.14 bits per heavy atom. The Bertz CT molecular complexity index is 597. The molecule has 120 valence electrons. The zero-order chi connectivity index (χ0) is 15.5. The van der Waals surface area contributed by atoms with Crippen LogP contribution in [0.4, 0.5) is 0 Å². The van der Waals surface area contributed by atoms with E-state index in [0.717, 1.165) is 44.4 Å². The van der Waals surface area contributed by atoms with Crippen molar-refractivity contribution in [2.75, 3.05) is 20.7 Å². The SMILES string of the molecule is COc1ccc2c(c1)[C@]13CCN(C)[C@H](C2)[C@@H]1CCC(C)(O)C3. The number of fused-ring (bicyclic) bond motifs is 1. The quantitative estimate of drug-likeness (QED) is 0.866. The molecular weight excluding hydrogens is 274 g/mol. The molecule has 1 saturated carbocycles. The number of aliphatic hydroxyl groups is 1. The zero-order valence-electron chi connectivity index (χ0n) is 13.9. The van der Waals surface area contributed by atoms with Crippen molar-refractivity contribution in [1.29, 1.82) is 0 Å². The molecule has 1 saturated heterocycles. The molecule has 1 N–H and O–H groups in total. The summed E-state index contributed by atoms with van der Waals surface area (Å²) < 4.78 is 5.49. The number of likely N-dealkylation sites (N-methyl/N-ethyl adjacent to an activating group) is 1. The molecule has 1 aromatic carbocycles. The number of rotatable bonds is 1. The van der Waals surface area contributed by atoms with Crippen molar-refractivity contribution < 1.29 is 9.84 Å². The van der Waals surface area contributed by atoms with E-state index in [9.17, 15) is 5.11 Å². The van der Waals surface area contributed by atoms with E-state index in [1.165, 1.54) is 11.1 Å². The van der Waals surface area contributed by atoms with Gasteiger partial charge in [0.1, 0.15) is 5.75 Å². The van der Waals surface area contributed by atoms with Gasteiger partial charge < -0.3 is 14.7 Å². The van der Waals surface area contributed by atoms with E-state index >= 15 is 0 Å². The Hall–Kier alpha value is -1.06. The van der Waals surface area contributed by atoms with Crippen LogP contribution in [0.1, 0.15) is 43.7 Å². The molecule has 1 unspecified atom stereocenters. The normalized spacial score (nSPS) is 40.7. The van der Waals surface area contributed by atoms with Gasteiger partial charge in [-0.15, -0.1) is 0 Å². The van der Waals surface area contributed by atoms with Crippen LogP contribution in [0.3, 0.4) is 0 Å². The van der Waals surface area contributed by atoms with E-state index in [1.807, 2.05) is 6.92 Å². The third-order valence-electron chi connectivity index (χ3n) is 6.62. The van der Waals surface area contributed by atoms with Crippen LogP contribution >= 0.6 is 0 Å². The fourth-order valence-corrected chi connectivity index (χ4v) is 5.60. The summed E-state index contributed by atoms with van der Waals surface area (Å²) in [6.45, 7) is 3.16. The lowest BCUT2D eigenvalue weighted by Gasteiger charge is -2.60. The number of benzene rings is 1. The number of methoxy groups -OCH3 is 1. The molecular formula is C19H27NO2. The topological polar surface area (TPSA) is 32.7 Å². The Morgan fingerprint density at radius 3 is 2.91 bits per heavy atom. The maximum Gasteiger partial charge on any atom is 0.119 e. The van der Waals surface area contributed by atoms with Gasteiger partial charge in [0, 0.05) is 11.5 Å². The largest absolute Gasteiger partial charge is 0.497 e. The van der Waals surface area contributed by atoms with E-state index in [4.69, 9.17) is 4.74 Å². The second-order valence-corrected chi connectivity index (χ2v) is 8.00. The number of hydrogen-bond donors (Lipinski definition) is 1. The summed E-state index contributed by atoms with van der Waals surface area (Å²) >= 11 is 0. The zero-order valence-corrected chi connectivity index (χ0v) is 13.9. The number of hydrogen-bond acceptors (Lipinski definition) is 3. The summed E-state index contributed by atoms with van der Waals surface area (Å²) in [7, 11) is 4.02. The third-order valence-corrected chi connectivity index (χ3v) is 6.62. The Labute approximate surface area is 133 Å². The molecule has 1 heterocycles. The molecule has 1 aliphatic heterocycles. The molecule has 3 nitrogen and oxygen atoms in total. The minimum atomic E-state index is -0.533. The standard InChI is InChI=1S/C19H27NO2/c1-18(21)7-6-15-17-10-13-4-5-14(22-3)11-16(13)19(15,12-18)8-9-20(17)2/h4-5,11,15,17,21H,6-10,12H2,1-3H3/t15-,17+,18?,19-/m0/s1. The lowest BCUT2D eigenvalue weighted by atomic mass is 9.50. The van der Waals surface area contributed by atoms with E-state index in [2.05, 4.69) is 30.1 Å². The smallest absolute Gasteiger partial charge is 0.119 e. The fraction of sp³-hybridized carbons (Fsp3) is 0.684. The van der Waals surface area contributed by atoms with Crippen molar-refractivity contribution in [1.82, 2.24) is 4.90 Å². The molecule has 0 radical (unpaired) electrons. The Kier molecular flexibility index (Phi) is 3.11. The fourth-order valence-electron chi connectivity index (χ4n) is 5.60. The van der Waals surface area contributed by atoms with Gasteiger partial charge in [-0.1, -0.05) is 6.07 Å². The second kappa shape index (κ2) is 4.72. The predicted octanol–water partition coefficient (Wildman–Crippen LogP) is 2.74. The third kappa shape index (κ3) is 1.95. The van der Waals surface area contributed by atoms with Crippen LogP contribution in [0.25, 0.3) is 0 Å². The summed E-state index contributed by atoms with van der Waals surface area (Å²) in [5.74, 6) is 1.63. The monoisotopic (exact) mass is 301 g/mol. The summed E-state index contributed by atoms with van der Waals surface area (Å²) in [5.41, 5.74) is 2.53. The highest BCUT2D eigenvalue weighted by Gasteiger charge is 2.56. The van der Waals surface area contributed by atoms with Crippen LogP contribution < -0.4 is 4.74 Å². The summed E-state index contributed by atoms with van der Waals surface area (Å²) in [5, 5.41) is 10.8. The van der Waals surface area contributed by atoms with Crippen LogP contribution in [0, 0.1) is 5.92 Å². The van der Waals surface area contributed by atoms with Crippen molar-refractivity contribution >= 4 is 0 Å². The minimum absolute atomic E-state index is 0.140. The summed E-state index contributed by atoms with van der Waals surface area (Å²) in [6.07, 6.45) is 5.27. The van der Waals surface area contributed by atoms with Crippen molar-refractivity contribution in [3.8, 4) is 5.75 Å². The van der Waals surface area contributed by atoms with Crippen molar-refractivity contribution in [2.45, 2.75) is 56.1 Å². The Morgan fingerprint density at radius 1 is 1.32 bits per heavy atom. The van der Waals surface area contributed by atoms with Gasteiger partial charge in [-0.25, -0.2) is 0 Å². The van der Waals surface area contributed by atoms with Crippen LogP contribution in [0.15, 0.2) is 18.2 Å². The summed E-state index contributed by atoms with van der Waals surface area (Å²) in [6, 6.07) is 7.23. The van der Waals surface area contributed by atoms with Gasteiger partial charge in [0.15, 0.2) is 0 Å². The first-order chi connectivity index (χ1) is 10.5. The van der Waals surface area contributed by atoms with Crippen LogP contribution in [-0.2, 0) is 11.8 Å². The molecule has 4 rings (SSSR count). The van der Waals surface area contributed by atoms with Gasteiger partial charge in [0.05, 0.1) is 12.7 Å². The van der Waals surface area contributed by atoms with Gasteiger partial charge in [-0.05, 0) is 81.8 Å². The molecule has 2 aliphatic carbocycles. The van der Waals surface area contributed by atoms with Crippen LogP contribution in [0.2, 0.25) is 0 Å². The van der Waals surface area contributed by atoms with Crippen LogP contribution in [-0.4, -0.2) is 42.4 Å². The first-order valence-electron chi connectivity index (χ1n) is 8.55. The number of nitrogens with zero attached hydrogens (tertiary/aromatic N) is 1. The molecule has 22 heavy (non-hydrogen) atoms. The number of piperidine rings is 1. The molecule has 3 heteroatoms. The molecule has 0 spiro atoms. The average molecular weight is 301 g/mol. The van der Waals surface area contributed by atoms with Crippen molar-refractivity contribution in [2.24, 2.45) is 5.92 Å². The molecule has 4 atom stereocenters. The number of ether oxygens (including phenoxy) is 1. The van der Waals surface area contributed by atoms with Gasteiger partial charge in [0.2, 0.25) is 0 Å². The lowest BCUT2D eigenvalue weighted by molar-refractivity contribution is -0.0835. The highest BCUT2D eigenvalue weighted by atomic mass is 16.5. The van der Waals surface area contributed by atoms with Crippen molar-refractivity contribution in [3.63, 3.8) is 0 Å². The van der Waals surface area contributed by atoms with E-state index < -0.39 is 5.60 Å². The molecule has 0 aromatic heterocycles. The van der Waals surface area contributed by atoms with E-state index in [-0.39, 0.29) is 5.41 Å². The van der Waals surface area contributed by atoms with E-state index in [0.29, 0.717) is 12.0 Å². The molecule has 0 amide bonds. The van der Waals surface area contributed by atoms with E-state index in [1.54, 1.807) is 7.11 Å². The minimum Gasteiger partial charge on any atom is -0.497 e. The van der Waals surface area contributed by atoms with Gasteiger partial charge in [-0.3, -0.25) is 0 Å². The van der Waals surface area contributed by atoms with Gasteiger partial charge >= 0.3 is 0 Å². The number of likely N-dealkylation sites (tertiary alicyclic amines) is 1. The summed E-state index contributed by atoms with van der Waals surface area (Å²) in [4.78, 5) is 2.55. The molecule has 2 fully saturated rings. The maximum atomic E-state index is 10.8. The Balaban J connectivity index is 1.89. The first-order valence-corrected chi connectivity index (χ1v) is 8.55. The second-order valence-electron chi connectivity index (χ2n) is 8.00. The van der Waals surface area contributed by atoms with Crippen LogP contribution in [0.5, 0.6) is 5.75 Å². The predicted molar refractivity (Wildman–Crippen MR) is 87.4 cm³/mol. The lowest BCUT2D eigenvalue weighted by Crippen LogP contribution is -2.62. The molecule has 1 aromatic rings. The van der Waals surface area contributed by atoms with Crippen molar-refractivity contribution in [3.05, 3.63) is 29.3 Å². The van der Waals surface area contributed by atoms with Gasteiger partial charge in [0.25, 0.3) is 0 Å². The molecule has 3 aliphatic rings. The average Bonchev–Trinajstić information content (AvgIpc) is 2.49. The first kappa shape index (κ1) is 14.5. The molecule has 2 bridgehead atoms.